The van der Waals surface area contributed by atoms with Gasteiger partial charge in [0.05, 0.1) is 59.5 Å². The number of ether oxygens (including phenoxy) is 9. The summed E-state index contributed by atoms with van der Waals surface area (Å²) in [4.78, 5) is 2.39. The zero-order valence-electron chi connectivity index (χ0n) is 93.3. The van der Waals surface area contributed by atoms with Gasteiger partial charge in [0, 0.05) is 17.1 Å². The Kier molecular flexibility index (Phi) is 76.1. The molecule has 6 rings (SSSR count). The predicted molar refractivity (Wildman–Crippen MR) is 620 cm³/mol. The fraction of sp³-hybridized carbons (Fsp3) is 0.682. The van der Waals surface area contributed by atoms with Crippen molar-refractivity contribution in [1.82, 2.24) is 0 Å². The second-order valence-corrected chi connectivity index (χ2v) is 41.6. The van der Waals surface area contributed by atoms with Crippen LogP contribution in [0.5, 0.6) is 51.7 Å². The highest BCUT2D eigenvalue weighted by atomic mass is 16.6. The van der Waals surface area contributed by atoms with Crippen LogP contribution < -0.4 is 47.5 Å². The Balaban J connectivity index is 1.42. The minimum atomic E-state index is 0.647. The molecule has 0 fully saturated rings. The molecule has 10 nitrogen and oxygen atoms in total. The van der Waals surface area contributed by atoms with E-state index in [0.29, 0.717) is 59.5 Å². The zero-order valence-corrected chi connectivity index (χ0v) is 93.3. The van der Waals surface area contributed by atoms with Crippen molar-refractivity contribution in [2.75, 3.05) is 64.4 Å². The average molecular weight is 1960 g/mol. The van der Waals surface area contributed by atoms with E-state index < -0.39 is 0 Å². The van der Waals surface area contributed by atoms with E-state index in [1.54, 1.807) is 0 Å². The van der Waals surface area contributed by atoms with Gasteiger partial charge in [-0.15, -0.1) is 0 Å². The van der Waals surface area contributed by atoms with Gasteiger partial charge in [-0.25, -0.2) is 0 Å². The largest absolute Gasteiger partial charge is 0.490 e. The third-order valence-electron chi connectivity index (χ3n) is 28.3. The molecule has 0 saturated heterocycles. The molecule has 0 aromatic heterocycles. The van der Waals surface area contributed by atoms with Crippen LogP contribution in [0, 0.1) is 0 Å². The van der Waals surface area contributed by atoms with Gasteiger partial charge in [0.25, 0.3) is 0 Å². The molecule has 0 N–H and O–H groups in total. The van der Waals surface area contributed by atoms with Crippen molar-refractivity contribution in [3.8, 4) is 51.7 Å². The SMILES string of the molecule is CCCCCCCCCCOc1cc(/C=C/c2ccc(N(c3ccc(/C=C/c4cc(OCCCCCCCCCC)c(OCCCCCCCCCC)c(OCCCCCCCCCC)c4)cc3)c3ccc(/C=C/c4cc(OCCCCCCCCCC)c(OCCCCCCCCCC)c(OCCCCCCCCCC)c4)cc3)cc2)cc(OCCCCCCCCCC)c1OCCCCCCCCCC. The predicted octanol–water partition coefficient (Wildman–Crippen LogP) is 43.3. The van der Waals surface area contributed by atoms with E-state index >= 15 is 0 Å². The van der Waals surface area contributed by atoms with Crippen molar-refractivity contribution >= 4 is 53.5 Å². The molecular formula is C132H213NO9. The van der Waals surface area contributed by atoms with Crippen molar-refractivity contribution in [3.05, 3.63) is 143 Å². The van der Waals surface area contributed by atoms with Gasteiger partial charge in [-0.1, -0.05) is 540 Å². The molecule has 0 saturated carbocycles. The van der Waals surface area contributed by atoms with Crippen LogP contribution in [-0.4, -0.2) is 59.5 Å². The Morgan fingerprint density at radius 1 is 0.141 bits per heavy atom. The van der Waals surface area contributed by atoms with E-state index in [1.165, 1.54) is 405 Å². The lowest BCUT2D eigenvalue weighted by atomic mass is 10.1. The molecule has 0 spiro atoms. The number of rotatable bonds is 99. The molecule has 800 valence electrons. The highest BCUT2D eigenvalue weighted by Crippen LogP contribution is 2.45. The second-order valence-electron chi connectivity index (χ2n) is 41.6. The van der Waals surface area contributed by atoms with Crippen LogP contribution in [0.15, 0.2) is 109 Å². The molecule has 0 aliphatic carbocycles. The summed E-state index contributed by atoms with van der Waals surface area (Å²) in [6.07, 6.45) is 103. The van der Waals surface area contributed by atoms with Gasteiger partial charge >= 0.3 is 0 Å². The minimum absolute atomic E-state index is 0.647. The first-order chi connectivity index (χ1) is 70.3. The van der Waals surface area contributed by atoms with Crippen LogP contribution in [0.4, 0.5) is 17.1 Å². The fourth-order valence-electron chi connectivity index (χ4n) is 19.1. The molecule has 0 heterocycles. The average Bonchev–Trinajstić information content (AvgIpc) is 0.805. The molecule has 0 radical (unpaired) electrons. The molecule has 0 aliphatic heterocycles. The molecule has 0 atom stereocenters. The number of nitrogens with zero attached hydrogens (tertiary/aromatic N) is 1. The molecule has 0 aliphatic rings. The van der Waals surface area contributed by atoms with Crippen molar-refractivity contribution in [2.24, 2.45) is 0 Å². The van der Waals surface area contributed by atoms with Gasteiger partial charge in [0.2, 0.25) is 17.2 Å². The summed E-state index contributed by atoms with van der Waals surface area (Å²) in [7, 11) is 0. The summed E-state index contributed by atoms with van der Waals surface area (Å²) < 4.78 is 61.8. The van der Waals surface area contributed by atoms with Gasteiger partial charge in [-0.05, 0) is 164 Å². The van der Waals surface area contributed by atoms with Gasteiger partial charge in [-0.3, -0.25) is 0 Å². The van der Waals surface area contributed by atoms with Gasteiger partial charge in [0.1, 0.15) is 0 Å². The Morgan fingerprint density at radius 2 is 0.261 bits per heavy atom. The molecule has 10 heteroatoms. The smallest absolute Gasteiger partial charge is 0.203 e. The first-order valence-electron chi connectivity index (χ1n) is 60.6. The first kappa shape index (κ1) is 123. The topological polar surface area (TPSA) is 86.3 Å². The summed E-state index contributed by atoms with van der Waals surface area (Å²) in [6, 6.07) is 40.4. The summed E-state index contributed by atoms with van der Waals surface area (Å²) >= 11 is 0. The van der Waals surface area contributed by atoms with Crippen LogP contribution in [-0.2, 0) is 0 Å². The third-order valence-corrected chi connectivity index (χ3v) is 28.3. The van der Waals surface area contributed by atoms with Crippen LogP contribution >= 0.6 is 0 Å². The molecule has 6 aromatic rings. The number of unbranched alkanes of at least 4 members (excludes halogenated alkanes) is 63. The number of anilines is 3. The van der Waals surface area contributed by atoms with E-state index in [-0.39, 0.29) is 0 Å². The standard InChI is InChI=1S/C132H213NO9/c1-10-19-28-37-46-55-64-73-100-134-124-109-118(110-125(135-101-74-65-56-47-38-29-20-11-2)130(124)140-106-79-70-61-52-43-34-25-16-7)85-82-115-88-94-121(95-89-115)133(122-96-90-116(91-97-122)83-86-119-111-126(136-102-75-66-57-48-39-30-21-12-3)131(141-107-80-71-62-53-44-35-26-17-8)127(112-119)137-103-76-67-58-49-40-31-22-13-4)123-98-92-117(93-99-123)84-87-120-113-128(138-104-77-68-59-50-41-32-23-14-5)132(142-108-81-72-63-54-45-36-27-18-9)129(114-120)139-105-78-69-60-51-42-33-24-15-6/h82-99,109-114H,10-81,100-108H2,1-9H3/b85-82+,86-83+,87-84+. The molecule has 142 heavy (non-hydrogen) atoms. The van der Waals surface area contributed by atoms with Crippen LogP contribution in [0.1, 0.15) is 558 Å². The van der Waals surface area contributed by atoms with E-state index in [9.17, 15) is 0 Å². The highest BCUT2D eigenvalue weighted by Gasteiger charge is 2.22. The monoisotopic (exact) mass is 1960 g/mol. The fourth-order valence-corrected chi connectivity index (χ4v) is 19.1. The second kappa shape index (κ2) is 87.7. The Labute approximate surface area is 873 Å². The molecule has 0 unspecified atom stereocenters. The van der Waals surface area contributed by atoms with E-state index in [4.69, 9.17) is 42.6 Å². The maximum atomic E-state index is 6.87. The maximum absolute atomic E-state index is 6.87. The van der Waals surface area contributed by atoms with Crippen LogP contribution in [0.2, 0.25) is 0 Å². The molecule has 0 bridgehead atoms. The van der Waals surface area contributed by atoms with E-state index in [0.717, 1.165) is 160 Å². The normalized spacial score (nSPS) is 11.6. The van der Waals surface area contributed by atoms with Crippen LogP contribution in [0.3, 0.4) is 0 Å². The summed E-state index contributed by atoms with van der Waals surface area (Å²) in [5.41, 5.74) is 9.57. The lowest BCUT2D eigenvalue weighted by molar-refractivity contribution is 0.234. The Bertz CT molecular complexity index is 3460. The van der Waals surface area contributed by atoms with Gasteiger partial charge < -0.3 is 47.5 Å². The van der Waals surface area contributed by atoms with Gasteiger partial charge in [0.15, 0.2) is 34.5 Å². The summed E-state index contributed by atoms with van der Waals surface area (Å²) in [5.74, 6) is 7.00. The molecular weight excluding hydrogens is 1740 g/mol. The highest BCUT2D eigenvalue weighted by molar-refractivity contribution is 5.82. The third kappa shape index (κ3) is 59.4. The Hall–Kier alpha value is -7.46. The van der Waals surface area contributed by atoms with Crippen LogP contribution in [0.25, 0.3) is 36.5 Å². The summed E-state index contributed by atoms with van der Waals surface area (Å²) in [6.45, 7) is 26.5. The van der Waals surface area contributed by atoms with Crippen molar-refractivity contribution in [2.45, 2.75) is 525 Å². The van der Waals surface area contributed by atoms with Gasteiger partial charge in [-0.2, -0.15) is 0 Å². The first-order valence-corrected chi connectivity index (χ1v) is 60.6. The lowest BCUT2D eigenvalue weighted by Crippen LogP contribution is -2.09. The summed E-state index contributed by atoms with van der Waals surface area (Å²) in [5, 5.41) is 0. The molecule has 0 amide bonds. The minimum Gasteiger partial charge on any atom is -0.490 e. The maximum Gasteiger partial charge on any atom is 0.203 e. The Morgan fingerprint density at radius 3 is 0.401 bits per heavy atom. The zero-order chi connectivity index (χ0) is 101. The van der Waals surface area contributed by atoms with Crippen molar-refractivity contribution < 1.29 is 42.6 Å². The van der Waals surface area contributed by atoms with Crippen molar-refractivity contribution in [3.63, 3.8) is 0 Å². The van der Waals surface area contributed by atoms with E-state index in [1.807, 2.05) is 0 Å². The molecule has 6 aromatic carbocycles. The quantitative estimate of drug-likeness (QED) is 0.0272. The number of hydrogen-bond acceptors (Lipinski definition) is 10. The number of hydrogen-bond donors (Lipinski definition) is 0. The van der Waals surface area contributed by atoms with E-state index in [2.05, 4.69) is 213 Å². The van der Waals surface area contributed by atoms with Crippen molar-refractivity contribution in [1.29, 1.82) is 0 Å². The lowest BCUT2D eigenvalue weighted by Gasteiger charge is -2.26. The number of benzene rings is 6.